The maximum atomic E-state index is 12.8. The predicted octanol–water partition coefficient (Wildman–Crippen LogP) is 2.05. The van der Waals surface area contributed by atoms with Gasteiger partial charge in [-0.15, -0.1) is 0 Å². The van der Waals surface area contributed by atoms with E-state index in [1.54, 1.807) is 4.68 Å². The fraction of sp³-hybridized carbons (Fsp3) is 0.714. The summed E-state index contributed by atoms with van der Waals surface area (Å²) in [6, 6.07) is 0.281. The number of aryl methyl sites for hydroxylation is 2. The first-order valence-electron chi connectivity index (χ1n) is 7.09. The summed E-state index contributed by atoms with van der Waals surface area (Å²) in [4.78, 5) is 14.7. The van der Waals surface area contributed by atoms with Crippen molar-refractivity contribution in [3.8, 4) is 0 Å². The van der Waals surface area contributed by atoms with Gasteiger partial charge in [0.1, 0.15) is 5.69 Å². The molecule has 106 valence electrons. The molecule has 0 aromatic carbocycles. The number of aromatic nitrogens is 2. The Balaban J connectivity index is 2.33. The van der Waals surface area contributed by atoms with Crippen LogP contribution in [0.1, 0.15) is 49.8 Å². The van der Waals surface area contributed by atoms with Gasteiger partial charge in [0, 0.05) is 19.1 Å². The first-order chi connectivity index (χ1) is 8.95. The van der Waals surface area contributed by atoms with Crippen molar-refractivity contribution in [3.63, 3.8) is 0 Å². The summed E-state index contributed by atoms with van der Waals surface area (Å²) in [5.74, 6) is 0.583. The van der Waals surface area contributed by atoms with Crippen LogP contribution in [0.4, 0.5) is 5.69 Å². The van der Waals surface area contributed by atoms with Crippen molar-refractivity contribution in [1.82, 2.24) is 14.7 Å². The second kappa shape index (κ2) is 5.23. The summed E-state index contributed by atoms with van der Waals surface area (Å²) < 4.78 is 1.72. The number of rotatable bonds is 2. The molecule has 0 radical (unpaired) electrons. The van der Waals surface area contributed by atoms with Crippen LogP contribution in [0.2, 0.25) is 0 Å². The lowest BCUT2D eigenvalue weighted by Crippen LogP contribution is -2.45. The van der Waals surface area contributed by atoms with E-state index >= 15 is 0 Å². The zero-order chi connectivity index (χ0) is 14.2. The zero-order valence-electron chi connectivity index (χ0n) is 12.3. The highest BCUT2D eigenvalue weighted by Crippen LogP contribution is 2.26. The number of carbonyl (C=O) groups is 1. The second-order valence-corrected chi connectivity index (χ2v) is 5.65. The van der Waals surface area contributed by atoms with Crippen LogP contribution < -0.4 is 5.73 Å². The molecule has 0 bridgehead atoms. The lowest BCUT2D eigenvalue weighted by Gasteiger charge is -2.36. The smallest absolute Gasteiger partial charge is 0.274 e. The van der Waals surface area contributed by atoms with Crippen molar-refractivity contribution >= 4 is 11.6 Å². The first kappa shape index (κ1) is 13.9. The van der Waals surface area contributed by atoms with E-state index in [9.17, 15) is 4.79 Å². The molecule has 5 nitrogen and oxygen atoms in total. The summed E-state index contributed by atoms with van der Waals surface area (Å²) in [6.45, 7) is 9.60. The molecular formula is C14H24N4O. The van der Waals surface area contributed by atoms with Crippen LogP contribution in [0.15, 0.2) is 0 Å². The average Bonchev–Trinajstić information content (AvgIpc) is 2.67. The van der Waals surface area contributed by atoms with E-state index in [1.807, 2.05) is 18.7 Å². The number of nitrogens with zero attached hydrogens (tertiary/aromatic N) is 3. The maximum absolute atomic E-state index is 12.8. The highest BCUT2D eigenvalue weighted by Gasteiger charge is 2.31. The third-order valence-electron chi connectivity index (χ3n) is 4.05. The molecule has 0 aliphatic carbocycles. The lowest BCUT2D eigenvalue weighted by atomic mass is 9.94. The molecule has 1 aliphatic heterocycles. The number of nitrogen functional groups attached to an aromatic ring is 1. The quantitative estimate of drug-likeness (QED) is 0.889. The Morgan fingerprint density at radius 2 is 2.11 bits per heavy atom. The SMILES string of the molecule is CCn1nc(C)c(N)c1C(=O)N1CC(C)CCC1C. The molecule has 5 heteroatoms. The molecule has 1 aromatic heterocycles. The van der Waals surface area contributed by atoms with Gasteiger partial charge < -0.3 is 10.6 Å². The van der Waals surface area contributed by atoms with E-state index < -0.39 is 0 Å². The highest BCUT2D eigenvalue weighted by atomic mass is 16.2. The number of carbonyl (C=O) groups excluding carboxylic acids is 1. The Bertz CT molecular complexity index is 480. The molecule has 1 amide bonds. The second-order valence-electron chi connectivity index (χ2n) is 5.65. The molecule has 2 unspecified atom stereocenters. The van der Waals surface area contributed by atoms with Gasteiger partial charge in [0.2, 0.25) is 0 Å². The summed E-state index contributed by atoms with van der Waals surface area (Å²) in [6.07, 6.45) is 2.25. The van der Waals surface area contributed by atoms with Crippen molar-refractivity contribution in [3.05, 3.63) is 11.4 Å². The van der Waals surface area contributed by atoms with Crippen LogP contribution in [0.25, 0.3) is 0 Å². The van der Waals surface area contributed by atoms with Crippen LogP contribution in [-0.2, 0) is 6.54 Å². The minimum absolute atomic E-state index is 0.0269. The minimum Gasteiger partial charge on any atom is -0.395 e. The molecule has 0 saturated carbocycles. The van der Waals surface area contributed by atoms with Crippen LogP contribution >= 0.6 is 0 Å². The Kier molecular flexibility index (Phi) is 3.83. The highest BCUT2D eigenvalue weighted by molar-refractivity contribution is 5.98. The van der Waals surface area contributed by atoms with Gasteiger partial charge in [0.25, 0.3) is 5.91 Å². The van der Waals surface area contributed by atoms with E-state index in [0.717, 1.165) is 18.7 Å². The monoisotopic (exact) mass is 264 g/mol. The molecule has 2 heterocycles. The lowest BCUT2D eigenvalue weighted by molar-refractivity contribution is 0.0562. The van der Waals surface area contributed by atoms with Crippen LogP contribution in [0.3, 0.4) is 0 Å². The Morgan fingerprint density at radius 1 is 1.42 bits per heavy atom. The van der Waals surface area contributed by atoms with Gasteiger partial charge in [0.05, 0.1) is 11.4 Å². The number of piperidine rings is 1. The Hall–Kier alpha value is -1.52. The zero-order valence-corrected chi connectivity index (χ0v) is 12.3. The van der Waals surface area contributed by atoms with Gasteiger partial charge >= 0.3 is 0 Å². The number of likely N-dealkylation sites (tertiary alicyclic amines) is 1. The van der Waals surface area contributed by atoms with Crippen LogP contribution in [0.5, 0.6) is 0 Å². The predicted molar refractivity (Wildman–Crippen MR) is 75.9 cm³/mol. The standard InChI is InChI=1S/C14H24N4O/c1-5-18-13(12(15)11(4)16-18)14(19)17-8-9(2)6-7-10(17)3/h9-10H,5-8,15H2,1-4H3. The molecule has 2 N–H and O–H groups in total. The molecule has 2 rings (SSSR count). The summed E-state index contributed by atoms with van der Waals surface area (Å²) in [7, 11) is 0. The third kappa shape index (κ3) is 2.46. The van der Waals surface area contributed by atoms with Gasteiger partial charge in [-0.3, -0.25) is 9.48 Å². The number of nitrogens with two attached hydrogens (primary N) is 1. The van der Waals surface area contributed by atoms with Gasteiger partial charge in [-0.05, 0) is 39.5 Å². The topological polar surface area (TPSA) is 64.2 Å². The van der Waals surface area contributed by atoms with Crippen molar-refractivity contribution in [1.29, 1.82) is 0 Å². The summed E-state index contributed by atoms with van der Waals surface area (Å²) in [5, 5.41) is 4.33. The van der Waals surface area contributed by atoms with E-state index in [2.05, 4.69) is 18.9 Å². The first-order valence-corrected chi connectivity index (χ1v) is 7.09. The molecule has 2 atom stereocenters. The van der Waals surface area contributed by atoms with Crippen molar-refractivity contribution in [2.75, 3.05) is 12.3 Å². The van der Waals surface area contributed by atoms with E-state index in [4.69, 9.17) is 5.73 Å². The maximum Gasteiger partial charge on any atom is 0.274 e. The molecule has 1 aromatic rings. The third-order valence-corrected chi connectivity index (χ3v) is 4.05. The fourth-order valence-electron chi connectivity index (χ4n) is 2.76. The molecule has 19 heavy (non-hydrogen) atoms. The molecule has 1 fully saturated rings. The molecule has 1 saturated heterocycles. The van der Waals surface area contributed by atoms with Gasteiger partial charge in [-0.1, -0.05) is 6.92 Å². The van der Waals surface area contributed by atoms with Gasteiger partial charge in [-0.25, -0.2) is 0 Å². The number of anilines is 1. The minimum atomic E-state index is 0.0269. The summed E-state index contributed by atoms with van der Waals surface area (Å²) in [5.41, 5.74) is 7.86. The number of hydrogen-bond donors (Lipinski definition) is 1. The summed E-state index contributed by atoms with van der Waals surface area (Å²) >= 11 is 0. The molecule has 0 spiro atoms. The van der Waals surface area contributed by atoms with Crippen LogP contribution in [0, 0.1) is 12.8 Å². The van der Waals surface area contributed by atoms with Crippen molar-refractivity contribution in [2.45, 2.75) is 53.1 Å². The van der Waals surface area contributed by atoms with Gasteiger partial charge in [-0.2, -0.15) is 5.10 Å². The normalized spacial score (nSPS) is 23.7. The average molecular weight is 264 g/mol. The van der Waals surface area contributed by atoms with Crippen molar-refractivity contribution in [2.24, 2.45) is 5.92 Å². The Morgan fingerprint density at radius 3 is 2.74 bits per heavy atom. The molecular weight excluding hydrogens is 240 g/mol. The fourth-order valence-corrected chi connectivity index (χ4v) is 2.76. The van der Waals surface area contributed by atoms with Crippen molar-refractivity contribution < 1.29 is 4.79 Å². The van der Waals surface area contributed by atoms with E-state index in [-0.39, 0.29) is 11.9 Å². The van der Waals surface area contributed by atoms with E-state index in [0.29, 0.717) is 23.8 Å². The van der Waals surface area contributed by atoms with Crippen LogP contribution in [-0.4, -0.2) is 33.2 Å². The van der Waals surface area contributed by atoms with E-state index in [1.165, 1.54) is 6.42 Å². The largest absolute Gasteiger partial charge is 0.395 e. The molecule has 1 aliphatic rings. The Labute approximate surface area is 114 Å². The number of hydrogen-bond acceptors (Lipinski definition) is 3. The van der Waals surface area contributed by atoms with Gasteiger partial charge in [0.15, 0.2) is 0 Å². The number of amides is 1.